The summed E-state index contributed by atoms with van der Waals surface area (Å²) in [6, 6.07) is 30.3. The van der Waals surface area contributed by atoms with Gasteiger partial charge in [0.05, 0.1) is 38.5 Å². The molecule has 0 aromatic heterocycles. The largest absolute Gasteiger partial charge is 0.375 e. The van der Waals surface area contributed by atoms with Crippen molar-refractivity contribution in [2.45, 2.75) is 57.0 Å². The van der Waals surface area contributed by atoms with Crippen LogP contribution < -0.4 is 0 Å². The van der Waals surface area contributed by atoms with Crippen LogP contribution in [-0.4, -0.2) is 41.7 Å². The van der Waals surface area contributed by atoms with E-state index in [1.807, 2.05) is 71.6 Å². The van der Waals surface area contributed by atoms with Gasteiger partial charge in [-0.2, -0.15) is 0 Å². The van der Waals surface area contributed by atoms with Gasteiger partial charge in [0.2, 0.25) is 5.91 Å². The lowest BCUT2D eigenvalue weighted by molar-refractivity contribution is -0.133. The lowest BCUT2D eigenvalue weighted by Gasteiger charge is -2.27. The monoisotopic (exact) mass is 457 g/mol. The summed E-state index contributed by atoms with van der Waals surface area (Å²) in [4.78, 5) is 14.9. The van der Waals surface area contributed by atoms with Crippen LogP contribution in [0.15, 0.2) is 91.0 Å². The molecule has 1 amide bonds. The molecule has 2 aliphatic rings. The summed E-state index contributed by atoms with van der Waals surface area (Å²) in [5.41, 5.74) is 3.33. The maximum Gasteiger partial charge on any atom is 0.223 e. The zero-order chi connectivity index (χ0) is 23.2. The molecule has 34 heavy (non-hydrogen) atoms. The summed E-state index contributed by atoms with van der Waals surface area (Å²) in [7, 11) is 0. The van der Waals surface area contributed by atoms with Crippen molar-refractivity contribution >= 4 is 5.91 Å². The van der Waals surface area contributed by atoms with E-state index in [2.05, 4.69) is 24.3 Å². The zero-order valence-electron chi connectivity index (χ0n) is 19.3. The van der Waals surface area contributed by atoms with Crippen molar-refractivity contribution in [1.82, 2.24) is 4.90 Å². The van der Waals surface area contributed by atoms with E-state index in [0.29, 0.717) is 32.8 Å². The Hall–Kier alpha value is -2.99. The van der Waals surface area contributed by atoms with E-state index in [-0.39, 0.29) is 30.2 Å². The highest BCUT2D eigenvalue weighted by molar-refractivity contribution is 5.80. The van der Waals surface area contributed by atoms with Crippen molar-refractivity contribution in [2.75, 3.05) is 6.61 Å². The summed E-state index contributed by atoms with van der Waals surface area (Å²) in [6.07, 6.45) is 0.893. The second-order valence-electron chi connectivity index (χ2n) is 9.00. The number of hydrogen-bond acceptors (Lipinski definition) is 4. The number of fused-ring (bicyclic) bond motifs is 1. The lowest BCUT2D eigenvalue weighted by atomic mass is 10.0. The van der Waals surface area contributed by atoms with Gasteiger partial charge in [-0.15, -0.1) is 0 Å². The number of ether oxygens (including phenoxy) is 3. The molecule has 5 rings (SSSR count). The number of hydrogen-bond donors (Lipinski definition) is 0. The Balaban J connectivity index is 1.33. The minimum absolute atomic E-state index is 0.0160. The highest BCUT2D eigenvalue weighted by Gasteiger charge is 2.55. The van der Waals surface area contributed by atoms with Crippen molar-refractivity contribution in [3.05, 3.63) is 108 Å². The predicted octanol–water partition coefficient (Wildman–Crippen LogP) is 4.75. The summed E-state index contributed by atoms with van der Waals surface area (Å²) in [5.74, 6) is 0.164. The van der Waals surface area contributed by atoms with E-state index < -0.39 is 0 Å². The molecular weight excluding hydrogens is 426 g/mol. The number of nitrogens with zero attached hydrogens (tertiary/aromatic N) is 1. The van der Waals surface area contributed by atoms with Crippen LogP contribution in [0.25, 0.3) is 0 Å². The van der Waals surface area contributed by atoms with Crippen molar-refractivity contribution in [1.29, 1.82) is 0 Å². The van der Waals surface area contributed by atoms with Gasteiger partial charge in [0.15, 0.2) is 0 Å². The summed E-state index contributed by atoms with van der Waals surface area (Å²) >= 11 is 0. The van der Waals surface area contributed by atoms with Gasteiger partial charge in [0.1, 0.15) is 12.2 Å². The van der Waals surface area contributed by atoms with Gasteiger partial charge in [-0.05, 0) is 23.1 Å². The Labute approximate surface area is 201 Å². The molecule has 0 N–H and O–H groups in total. The first-order chi connectivity index (χ1) is 16.8. The van der Waals surface area contributed by atoms with Crippen LogP contribution >= 0.6 is 0 Å². The smallest absolute Gasteiger partial charge is 0.223 e. The second kappa shape index (κ2) is 11.0. The first kappa shape index (κ1) is 22.8. The third kappa shape index (κ3) is 5.22. The Bertz CT molecular complexity index is 1040. The molecule has 0 aliphatic carbocycles. The number of carbonyl (C=O) groups is 1. The molecule has 0 bridgehead atoms. The molecule has 3 aromatic rings. The summed E-state index contributed by atoms with van der Waals surface area (Å²) in [5, 5.41) is 0. The van der Waals surface area contributed by atoms with Crippen LogP contribution in [-0.2, 0) is 38.8 Å². The second-order valence-corrected chi connectivity index (χ2v) is 9.00. The van der Waals surface area contributed by atoms with Crippen LogP contribution in [0.1, 0.15) is 29.5 Å². The molecule has 0 radical (unpaired) electrons. The average molecular weight is 458 g/mol. The topological polar surface area (TPSA) is 48.0 Å². The minimum Gasteiger partial charge on any atom is -0.375 e. The molecule has 0 spiro atoms. The van der Waals surface area contributed by atoms with Gasteiger partial charge in [-0.1, -0.05) is 91.0 Å². The normalized spacial score (nSPS) is 23.9. The fraction of sp³-hybridized carbons (Fsp3) is 0.345. The van der Waals surface area contributed by atoms with Crippen molar-refractivity contribution in [3.8, 4) is 0 Å². The third-order valence-corrected chi connectivity index (χ3v) is 6.71. The van der Waals surface area contributed by atoms with Gasteiger partial charge < -0.3 is 19.1 Å². The van der Waals surface area contributed by atoms with Gasteiger partial charge in [-0.25, -0.2) is 0 Å². The Morgan fingerprint density at radius 2 is 1.18 bits per heavy atom. The van der Waals surface area contributed by atoms with Gasteiger partial charge in [-0.3, -0.25) is 4.79 Å². The zero-order valence-corrected chi connectivity index (χ0v) is 19.3. The van der Waals surface area contributed by atoms with Crippen molar-refractivity contribution < 1.29 is 19.0 Å². The molecule has 5 heteroatoms. The Kier molecular flexibility index (Phi) is 7.34. The van der Waals surface area contributed by atoms with Crippen LogP contribution in [0, 0.1) is 0 Å². The molecule has 176 valence electrons. The molecule has 5 nitrogen and oxygen atoms in total. The van der Waals surface area contributed by atoms with E-state index in [1.165, 1.54) is 0 Å². The number of carbonyl (C=O) groups excluding carboxylic acids is 1. The molecule has 0 saturated carbocycles. The van der Waals surface area contributed by atoms with E-state index in [1.54, 1.807) is 0 Å². The highest BCUT2D eigenvalue weighted by atomic mass is 16.5. The maximum atomic E-state index is 12.9. The van der Waals surface area contributed by atoms with E-state index in [4.69, 9.17) is 14.2 Å². The summed E-state index contributed by atoms with van der Waals surface area (Å²) < 4.78 is 19.1. The van der Waals surface area contributed by atoms with Gasteiger partial charge in [0.25, 0.3) is 0 Å². The van der Waals surface area contributed by atoms with Crippen LogP contribution in [0.3, 0.4) is 0 Å². The first-order valence-corrected chi connectivity index (χ1v) is 12.0. The van der Waals surface area contributed by atoms with E-state index in [0.717, 1.165) is 23.1 Å². The molecule has 2 aliphatic heterocycles. The maximum absolute atomic E-state index is 12.9. The molecule has 0 unspecified atom stereocenters. The first-order valence-electron chi connectivity index (χ1n) is 12.0. The Morgan fingerprint density at radius 3 is 1.74 bits per heavy atom. The summed E-state index contributed by atoms with van der Waals surface area (Å²) in [6.45, 7) is 1.89. The van der Waals surface area contributed by atoms with Crippen LogP contribution in [0.4, 0.5) is 0 Å². The van der Waals surface area contributed by atoms with E-state index in [9.17, 15) is 4.79 Å². The highest BCUT2D eigenvalue weighted by Crippen LogP contribution is 2.38. The van der Waals surface area contributed by atoms with Crippen molar-refractivity contribution in [2.24, 2.45) is 0 Å². The molecular formula is C29H31NO4. The van der Waals surface area contributed by atoms with Gasteiger partial charge >= 0.3 is 0 Å². The fourth-order valence-electron chi connectivity index (χ4n) is 5.07. The Morgan fingerprint density at radius 1 is 0.676 bits per heavy atom. The molecule has 3 aromatic carbocycles. The predicted molar refractivity (Wildman–Crippen MR) is 130 cm³/mol. The van der Waals surface area contributed by atoms with Gasteiger partial charge in [0, 0.05) is 6.42 Å². The van der Waals surface area contributed by atoms with Crippen LogP contribution in [0.2, 0.25) is 0 Å². The molecule has 2 heterocycles. The number of benzene rings is 3. The molecule has 4 atom stereocenters. The quantitative estimate of drug-likeness (QED) is 0.441. The minimum atomic E-state index is -0.256. The molecule has 2 fully saturated rings. The fourth-order valence-corrected chi connectivity index (χ4v) is 5.07. The van der Waals surface area contributed by atoms with E-state index >= 15 is 0 Å². The lowest BCUT2D eigenvalue weighted by Crippen LogP contribution is -2.43. The molecule has 2 saturated heterocycles. The SMILES string of the molecule is O=C1CC[C@@H]2[C@@H](OCc3ccccc3)[C@H](OCc3ccccc3)[C@@H](COCc3ccccc3)N12. The van der Waals surface area contributed by atoms with Crippen LogP contribution in [0.5, 0.6) is 0 Å². The standard InChI is InChI=1S/C29H31NO4/c31-27-17-16-25-28(33-19-23-12-6-2-7-13-23)29(34-20-24-14-8-3-9-15-24)26(30(25)27)21-32-18-22-10-4-1-5-11-22/h1-15,25-26,28-29H,16-21H2/t25-,26-,28-,29-/m1/s1. The number of amides is 1. The number of rotatable bonds is 10. The average Bonchev–Trinajstić information content (AvgIpc) is 3.40. The third-order valence-electron chi connectivity index (χ3n) is 6.71. The van der Waals surface area contributed by atoms with Crippen molar-refractivity contribution in [3.63, 3.8) is 0 Å².